The third kappa shape index (κ3) is 3.55. The van der Waals surface area contributed by atoms with E-state index in [0.717, 1.165) is 43.0 Å². The summed E-state index contributed by atoms with van der Waals surface area (Å²) in [6.07, 6.45) is 9.99. The number of amides is 1. The van der Waals surface area contributed by atoms with E-state index in [-0.39, 0.29) is 5.91 Å². The van der Waals surface area contributed by atoms with Crippen LogP contribution in [0.3, 0.4) is 0 Å². The van der Waals surface area contributed by atoms with Crippen molar-refractivity contribution in [2.75, 3.05) is 23.7 Å². The maximum absolute atomic E-state index is 12.7. The van der Waals surface area contributed by atoms with E-state index in [1.807, 2.05) is 42.3 Å². The van der Waals surface area contributed by atoms with Crippen LogP contribution in [-0.4, -0.2) is 39.9 Å². The van der Waals surface area contributed by atoms with Crippen molar-refractivity contribution in [1.82, 2.24) is 14.9 Å². The van der Waals surface area contributed by atoms with Crippen LogP contribution in [0.5, 0.6) is 0 Å². The lowest BCUT2D eigenvalue weighted by atomic mass is 9.90. The molecule has 1 aliphatic heterocycles. The number of carbonyl (C=O) groups excluding carboxylic acids is 1. The van der Waals surface area contributed by atoms with Gasteiger partial charge < -0.3 is 15.5 Å². The number of aromatic nitrogens is 2. The summed E-state index contributed by atoms with van der Waals surface area (Å²) in [5, 5.41) is 6.96. The van der Waals surface area contributed by atoms with Crippen LogP contribution in [0.2, 0.25) is 0 Å². The van der Waals surface area contributed by atoms with Crippen LogP contribution in [0, 0.1) is 24.7 Å². The molecule has 2 fully saturated rings. The summed E-state index contributed by atoms with van der Waals surface area (Å²) in [6.45, 7) is 6.06. The van der Waals surface area contributed by atoms with Crippen LogP contribution >= 0.6 is 0 Å². The fourth-order valence-corrected chi connectivity index (χ4v) is 5.08. The molecule has 3 aliphatic rings. The van der Waals surface area contributed by atoms with E-state index in [2.05, 4.69) is 34.7 Å². The molecule has 30 heavy (non-hydrogen) atoms. The standard InChI is InChI=1S/C24H29N5O/c1-15-14-25-24(28-22(15)27-21-16(2)17-8-9-18(21)12-17)26-20-7-5-6-19(13-20)23(30)29-10-3-4-11-29/h5-9,13-14,16-18,21H,3-4,10-12H2,1-2H3,(H2,25,26,27,28). The molecule has 1 aromatic carbocycles. The van der Waals surface area contributed by atoms with Gasteiger partial charge in [0, 0.05) is 42.1 Å². The largest absolute Gasteiger partial charge is 0.366 e. The van der Waals surface area contributed by atoms with Gasteiger partial charge in [0.05, 0.1) is 0 Å². The molecule has 6 heteroatoms. The molecular weight excluding hydrogens is 374 g/mol. The molecule has 6 nitrogen and oxygen atoms in total. The summed E-state index contributed by atoms with van der Waals surface area (Å²) in [6, 6.07) is 8.03. The first-order chi connectivity index (χ1) is 14.6. The van der Waals surface area contributed by atoms with Gasteiger partial charge in [-0.2, -0.15) is 4.98 Å². The van der Waals surface area contributed by atoms with E-state index < -0.39 is 0 Å². The van der Waals surface area contributed by atoms with Gasteiger partial charge in [-0.3, -0.25) is 4.79 Å². The molecule has 2 bridgehead atoms. The van der Waals surface area contributed by atoms with Gasteiger partial charge in [0.25, 0.3) is 5.91 Å². The maximum Gasteiger partial charge on any atom is 0.253 e. The Morgan fingerprint density at radius 3 is 2.73 bits per heavy atom. The smallest absolute Gasteiger partial charge is 0.253 e. The molecule has 4 unspecified atom stereocenters. The van der Waals surface area contributed by atoms with Crippen molar-refractivity contribution in [3.05, 3.63) is 53.7 Å². The molecule has 0 radical (unpaired) electrons. The fraction of sp³-hybridized carbons (Fsp3) is 0.458. The summed E-state index contributed by atoms with van der Waals surface area (Å²) in [7, 11) is 0. The highest BCUT2D eigenvalue weighted by Crippen LogP contribution is 2.44. The number of aryl methyl sites for hydroxylation is 1. The van der Waals surface area contributed by atoms with Gasteiger partial charge >= 0.3 is 0 Å². The van der Waals surface area contributed by atoms with Crippen molar-refractivity contribution in [3.8, 4) is 0 Å². The fourth-order valence-electron chi connectivity index (χ4n) is 5.08. The molecular formula is C24H29N5O. The van der Waals surface area contributed by atoms with Gasteiger partial charge in [0.15, 0.2) is 0 Å². The topological polar surface area (TPSA) is 70.2 Å². The lowest BCUT2D eigenvalue weighted by Crippen LogP contribution is -2.31. The maximum atomic E-state index is 12.7. The van der Waals surface area contributed by atoms with Crippen LogP contribution in [0.4, 0.5) is 17.5 Å². The summed E-state index contributed by atoms with van der Waals surface area (Å²) in [4.78, 5) is 23.8. The third-order valence-electron chi connectivity index (χ3n) is 6.89. The Morgan fingerprint density at radius 1 is 1.17 bits per heavy atom. The number of likely N-dealkylation sites (tertiary alicyclic amines) is 1. The number of allylic oxidation sites excluding steroid dienone is 1. The van der Waals surface area contributed by atoms with E-state index in [1.165, 1.54) is 6.42 Å². The quantitative estimate of drug-likeness (QED) is 0.725. The van der Waals surface area contributed by atoms with Crippen molar-refractivity contribution in [2.45, 2.75) is 39.2 Å². The van der Waals surface area contributed by atoms with E-state index in [4.69, 9.17) is 4.98 Å². The Labute approximate surface area is 177 Å². The lowest BCUT2D eigenvalue weighted by Gasteiger charge is -2.27. The molecule has 1 amide bonds. The number of benzene rings is 1. The van der Waals surface area contributed by atoms with Gasteiger partial charge in [-0.1, -0.05) is 25.1 Å². The van der Waals surface area contributed by atoms with Crippen LogP contribution in [0.15, 0.2) is 42.6 Å². The minimum Gasteiger partial charge on any atom is -0.366 e. The first-order valence-electron chi connectivity index (χ1n) is 11.0. The molecule has 2 N–H and O–H groups in total. The number of nitrogens with zero attached hydrogens (tertiary/aromatic N) is 3. The normalized spacial score (nSPS) is 26.9. The second-order valence-corrected chi connectivity index (χ2v) is 8.91. The van der Waals surface area contributed by atoms with Crippen LogP contribution in [-0.2, 0) is 0 Å². The molecule has 156 valence electrons. The van der Waals surface area contributed by atoms with Crippen LogP contribution in [0.25, 0.3) is 0 Å². The van der Waals surface area contributed by atoms with Gasteiger partial charge in [-0.15, -0.1) is 0 Å². The van der Waals surface area contributed by atoms with E-state index in [0.29, 0.717) is 35.3 Å². The highest BCUT2D eigenvalue weighted by Gasteiger charge is 2.42. The van der Waals surface area contributed by atoms with Crippen LogP contribution in [0.1, 0.15) is 42.1 Å². The number of nitrogens with one attached hydrogen (secondary N) is 2. The molecule has 5 rings (SSSR count). The van der Waals surface area contributed by atoms with Gasteiger partial charge in [0.1, 0.15) is 5.82 Å². The molecule has 2 aromatic rings. The average molecular weight is 404 g/mol. The number of fused-ring (bicyclic) bond motifs is 2. The zero-order valence-electron chi connectivity index (χ0n) is 17.6. The van der Waals surface area contributed by atoms with Crippen molar-refractivity contribution in [3.63, 3.8) is 0 Å². The Bertz CT molecular complexity index is 981. The van der Waals surface area contributed by atoms with Crippen molar-refractivity contribution < 1.29 is 4.79 Å². The Kier molecular flexibility index (Phi) is 4.93. The zero-order valence-corrected chi connectivity index (χ0v) is 17.6. The molecule has 2 aliphatic carbocycles. The highest BCUT2D eigenvalue weighted by molar-refractivity contribution is 5.95. The monoisotopic (exact) mass is 403 g/mol. The lowest BCUT2D eigenvalue weighted by molar-refractivity contribution is 0.0793. The van der Waals surface area contributed by atoms with E-state index in [1.54, 1.807) is 0 Å². The molecule has 0 spiro atoms. The Hall–Kier alpha value is -2.89. The van der Waals surface area contributed by atoms with Crippen molar-refractivity contribution in [1.29, 1.82) is 0 Å². The number of rotatable bonds is 5. The first kappa shape index (κ1) is 19.1. The minimum absolute atomic E-state index is 0.0988. The predicted octanol–water partition coefficient (Wildman–Crippen LogP) is 4.39. The SMILES string of the molecule is Cc1cnc(Nc2cccc(C(=O)N3CCCC3)c2)nc1NC1C2C=CC(C2)C1C. The zero-order chi connectivity index (χ0) is 20.7. The molecule has 1 aromatic heterocycles. The Morgan fingerprint density at radius 2 is 1.97 bits per heavy atom. The molecule has 4 atom stereocenters. The Balaban J connectivity index is 1.32. The second-order valence-electron chi connectivity index (χ2n) is 8.91. The average Bonchev–Trinajstić information content (AvgIpc) is 3.50. The van der Waals surface area contributed by atoms with Crippen molar-refractivity contribution in [2.24, 2.45) is 17.8 Å². The summed E-state index contributed by atoms with van der Waals surface area (Å²) in [5.41, 5.74) is 2.57. The minimum atomic E-state index is 0.0988. The summed E-state index contributed by atoms with van der Waals surface area (Å²) >= 11 is 0. The molecule has 1 saturated heterocycles. The van der Waals surface area contributed by atoms with E-state index >= 15 is 0 Å². The van der Waals surface area contributed by atoms with Gasteiger partial charge in [0.2, 0.25) is 5.95 Å². The van der Waals surface area contributed by atoms with Gasteiger partial charge in [-0.05, 0) is 62.1 Å². The molecule has 2 heterocycles. The van der Waals surface area contributed by atoms with Gasteiger partial charge in [-0.25, -0.2) is 4.98 Å². The van der Waals surface area contributed by atoms with Crippen LogP contribution < -0.4 is 10.6 Å². The number of hydrogen-bond acceptors (Lipinski definition) is 5. The van der Waals surface area contributed by atoms with E-state index in [9.17, 15) is 4.79 Å². The second kappa shape index (κ2) is 7.74. The highest BCUT2D eigenvalue weighted by atomic mass is 16.2. The predicted molar refractivity (Wildman–Crippen MR) is 119 cm³/mol. The summed E-state index contributed by atoms with van der Waals surface area (Å²) in [5.74, 6) is 3.41. The number of hydrogen-bond donors (Lipinski definition) is 2. The summed E-state index contributed by atoms with van der Waals surface area (Å²) < 4.78 is 0. The molecule has 1 saturated carbocycles. The number of anilines is 3. The van der Waals surface area contributed by atoms with Crippen molar-refractivity contribution >= 4 is 23.4 Å². The third-order valence-corrected chi connectivity index (χ3v) is 6.89. The first-order valence-corrected chi connectivity index (χ1v) is 11.0. The number of carbonyl (C=O) groups is 1.